The summed E-state index contributed by atoms with van der Waals surface area (Å²) in [5, 5.41) is 10.8. The molecule has 8 heteroatoms. The van der Waals surface area contributed by atoms with Crippen molar-refractivity contribution in [1.29, 1.82) is 0 Å². The van der Waals surface area contributed by atoms with Crippen LogP contribution in [0.4, 0.5) is 0 Å². The molecule has 1 aromatic heterocycles. The lowest BCUT2D eigenvalue weighted by Gasteiger charge is -2.08. The largest absolute Gasteiger partial charge is 0.491 e. The van der Waals surface area contributed by atoms with Gasteiger partial charge in [0.15, 0.2) is 5.82 Å². The third-order valence-electron chi connectivity index (χ3n) is 3.49. The lowest BCUT2D eigenvalue weighted by atomic mass is 10.2. The van der Waals surface area contributed by atoms with E-state index in [0.717, 1.165) is 5.56 Å². The number of rotatable bonds is 9. The van der Waals surface area contributed by atoms with Crippen molar-refractivity contribution in [2.75, 3.05) is 20.3 Å². The fraction of sp³-hybridized carbons (Fsp3) is 0.444. The summed E-state index contributed by atoms with van der Waals surface area (Å²) in [6, 6.07) is 7.22. The molecule has 2 N–H and O–H groups in total. The number of H-pyrrole nitrogens is 1. The molecule has 0 aliphatic carbocycles. The second-order valence-corrected chi connectivity index (χ2v) is 6.04. The SMILES string of the molecule is COCCOc1ccc(-c2nnc(CCC(=O)NC(C)C)c(=O)[nH]2)cc1. The zero-order valence-corrected chi connectivity index (χ0v) is 15.2. The minimum Gasteiger partial charge on any atom is -0.491 e. The van der Waals surface area contributed by atoms with Gasteiger partial charge in [-0.1, -0.05) is 0 Å². The first-order valence-corrected chi connectivity index (χ1v) is 8.47. The van der Waals surface area contributed by atoms with Gasteiger partial charge in [0.05, 0.1) is 6.61 Å². The van der Waals surface area contributed by atoms with Crippen LogP contribution in [0.2, 0.25) is 0 Å². The van der Waals surface area contributed by atoms with Gasteiger partial charge in [0.2, 0.25) is 5.91 Å². The summed E-state index contributed by atoms with van der Waals surface area (Å²) in [6.45, 7) is 4.74. The van der Waals surface area contributed by atoms with Gasteiger partial charge in [-0.3, -0.25) is 9.59 Å². The summed E-state index contributed by atoms with van der Waals surface area (Å²) < 4.78 is 10.4. The van der Waals surface area contributed by atoms with Gasteiger partial charge in [-0.05, 0) is 38.1 Å². The van der Waals surface area contributed by atoms with Gasteiger partial charge < -0.3 is 19.8 Å². The molecule has 2 rings (SSSR count). The van der Waals surface area contributed by atoms with Crippen LogP contribution in [0.5, 0.6) is 5.75 Å². The molecule has 2 aromatic rings. The Hall–Kier alpha value is -2.74. The highest BCUT2D eigenvalue weighted by Crippen LogP contribution is 2.18. The Morgan fingerprint density at radius 3 is 2.54 bits per heavy atom. The Kier molecular flexibility index (Phi) is 7.28. The smallest absolute Gasteiger partial charge is 0.273 e. The number of aromatic nitrogens is 3. The van der Waals surface area contributed by atoms with Crippen molar-refractivity contribution < 1.29 is 14.3 Å². The Morgan fingerprint density at radius 2 is 1.92 bits per heavy atom. The van der Waals surface area contributed by atoms with Gasteiger partial charge in [0.25, 0.3) is 5.56 Å². The number of aryl methyl sites for hydroxylation is 1. The number of carbonyl (C=O) groups excluding carboxylic acids is 1. The van der Waals surface area contributed by atoms with Crippen molar-refractivity contribution in [3.8, 4) is 17.1 Å². The Balaban J connectivity index is 2.00. The fourth-order valence-electron chi connectivity index (χ4n) is 2.23. The minimum atomic E-state index is -0.340. The summed E-state index contributed by atoms with van der Waals surface area (Å²) in [6.07, 6.45) is 0.441. The second-order valence-electron chi connectivity index (χ2n) is 6.04. The lowest BCUT2D eigenvalue weighted by Crippen LogP contribution is -2.31. The average molecular weight is 360 g/mol. The van der Waals surface area contributed by atoms with Crippen LogP contribution >= 0.6 is 0 Å². The molecule has 1 amide bonds. The van der Waals surface area contributed by atoms with E-state index in [9.17, 15) is 9.59 Å². The molecule has 26 heavy (non-hydrogen) atoms. The van der Waals surface area contributed by atoms with E-state index in [1.54, 1.807) is 31.4 Å². The monoisotopic (exact) mass is 360 g/mol. The van der Waals surface area contributed by atoms with Crippen LogP contribution in [0.1, 0.15) is 26.0 Å². The van der Waals surface area contributed by atoms with Crippen molar-refractivity contribution in [2.45, 2.75) is 32.7 Å². The fourth-order valence-corrected chi connectivity index (χ4v) is 2.23. The zero-order chi connectivity index (χ0) is 18.9. The average Bonchev–Trinajstić information content (AvgIpc) is 2.61. The van der Waals surface area contributed by atoms with Crippen molar-refractivity contribution in [3.63, 3.8) is 0 Å². The summed E-state index contributed by atoms with van der Waals surface area (Å²) in [5.74, 6) is 0.956. The lowest BCUT2D eigenvalue weighted by molar-refractivity contribution is -0.121. The number of ether oxygens (including phenoxy) is 2. The van der Waals surface area contributed by atoms with E-state index in [-0.39, 0.29) is 36.0 Å². The molecule has 0 saturated carbocycles. The number of nitrogens with one attached hydrogen (secondary N) is 2. The van der Waals surface area contributed by atoms with Crippen LogP contribution in [0.3, 0.4) is 0 Å². The number of benzene rings is 1. The van der Waals surface area contributed by atoms with E-state index in [2.05, 4.69) is 20.5 Å². The van der Waals surface area contributed by atoms with Crippen molar-refractivity contribution in [3.05, 3.63) is 40.3 Å². The van der Waals surface area contributed by atoms with Gasteiger partial charge in [-0.25, -0.2) is 0 Å². The molecule has 1 heterocycles. The number of hydrogen-bond acceptors (Lipinski definition) is 6. The maximum Gasteiger partial charge on any atom is 0.273 e. The molecule has 1 aromatic carbocycles. The van der Waals surface area contributed by atoms with E-state index in [1.807, 2.05) is 13.8 Å². The van der Waals surface area contributed by atoms with Crippen LogP contribution in [0.15, 0.2) is 29.1 Å². The van der Waals surface area contributed by atoms with Crippen molar-refractivity contribution in [1.82, 2.24) is 20.5 Å². The van der Waals surface area contributed by atoms with Gasteiger partial charge in [-0.2, -0.15) is 0 Å². The molecule has 0 fully saturated rings. The number of carbonyl (C=O) groups is 1. The molecule has 0 aliphatic rings. The first kappa shape index (κ1) is 19.6. The van der Waals surface area contributed by atoms with Crippen molar-refractivity contribution >= 4 is 5.91 Å². The predicted octanol–water partition coefficient (Wildman–Crippen LogP) is 1.31. The van der Waals surface area contributed by atoms with Crippen LogP contribution in [-0.2, 0) is 16.0 Å². The molecule has 0 radical (unpaired) electrons. The normalized spacial score (nSPS) is 10.8. The maximum absolute atomic E-state index is 12.2. The highest BCUT2D eigenvalue weighted by molar-refractivity contribution is 5.76. The number of methoxy groups -OCH3 is 1. The molecule has 0 saturated heterocycles. The van der Waals surface area contributed by atoms with Crippen LogP contribution < -0.4 is 15.6 Å². The van der Waals surface area contributed by atoms with Crippen LogP contribution in [0.25, 0.3) is 11.4 Å². The molecule has 0 aliphatic heterocycles. The van der Waals surface area contributed by atoms with E-state index in [1.165, 1.54) is 0 Å². The molecular weight excluding hydrogens is 336 g/mol. The van der Waals surface area contributed by atoms with Crippen molar-refractivity contribution in [2.24, 2.45) is 0 Å². The predicted molar refractivity (Wildman–Crippen MR) is 97.1 cm³/mol. The van der Waals surface area contributed by atoms with E-state index < -0.39 is 0 Å². The Bertz CT molecular complexity index is 772. The molecule has 140 valence electrons. The van der Waals surface area contributed by atoms with Gasteiger partial charge in [0, 0.05) is 31.6 Å². The molecule has 0 unspecified atom stereocenters. The van der Waals surface area contributed by atoms with Gasteiger partial charge in [0.1, 0.15) is 18.1 Å². The number of hydrogen-bond donors (Lipinski definition) is 2. The quantitative estimate of drug-likeness (QED) is 0.653. The third kappa shape index (κ3) is 5.96. The van der Waals surface area contributed by atoms with E-state index in [0.29, 0.717) is 24.8 Å². The van der Waals surface area contributed by atoms with E-state index >= 15 is 0 Å². The molecule has 0 bridgehead atoms. The first-order valence-electron chi connectivity index (χ1n) is 8.47. The van der Waals surface area contributed by atoms with E-state index in [4.69, 9.17) is 9.47 Å². The molecule has 0 atom stereocenters. The highest BCUT2D eigenvalue weighted by atomic mass is 16.5. The van der Waals surface area contributed by atoms with Crippen LogP contribution in [0, 0.1) is 0 Å². The summed E-state index contributed by atoms with van der Waals surface area (Å²) >= 11 is 0. The van der Waals surface area contributed by atoms with Gasteiger partial charge >= 0.3 is 0 Å². The molecular formula is C18H24N4O4. The minimum absolute atomic E-state index is 0.0655. The summed E-state index contributed by atoms with van der Waals surface area (Å²) in [5.41, 5.74) is 0.623. The highest BCUT2D eigenvalue weighted by Gasteiger charge is 2.10. The van der Waals surface area contributed by atoms with Gasteiger partial charge in [-0.15, -0.1) is 10.2 Å². The standard InChI is InChI=1S/C18H24N4O4/c1-12(2)19-16(23)9-8-15-18(24)20-17(22-21-15)13-4-6-14(7-5-13)26-11-10-25-3/h4-7,12H,8-11H2,1-3H3,(H,19,23)(H,20,22,24). The summed E-state index contributed by atoms with van der Waals surface area (Å²) in [4.78, 5) is 26.5. The number of aromatic amines is 1. The first-order chi connectivity index (χ1) is 12.5. The third-order valence-corrected chi connectivity index (χ3v) is 3.49. The molecule has 0 spiro atoms. The molecule has 8 nitrogen and oxygen atoms in total. The maximum atomic E-state index is 12.2. The van der Waals surface area contributed by atoms with Crippen LogP contribution in [-0.4, -0.2) is 47.5 Å². The number of nitrogens with zero attached hydrogens (tertiary/aromatic N) is 2. The summed E-state index contributed by atoms with van der Waals surface area (Å²) in [7, 11) is 1.61. The number of amides is 1. The topological polar surface area (TPSA) is 106 Å². The Labute approximate surface area is 152 Å². The second kappa shape index (κ2) is 9.67. The Morgan fingerprint density at radius 1 is 1.19 bits per heavy atom. The zero-order valence-electron chi connectivity index (χ0n) is 15.2.